The number of rotatable bonds is 4. The Morgan fingerprint density at radius 1 is 1.33 bits per heavy atom. The lowest BCUT2D eigenvalue weighted by Gasteiger charge is -2.48. The normalized spacial score (nSPS) is 29.3. The topological polar surface area (TPSA) is 33.1 Å². The first-order valence-corrected chi connectivity index (χ1v) is 8.79. The van der Waals surface area contributed by atoms with Gasteiger partial charge in [-0.1, -0.05) is 12.8 Å². The Bertz CT molecular complexity index is 485. The van der Waals surface area contributed by atoms with Crippen molar-refractivity contribution in [3.63, 3.8) is 0 Å². The van der Waals surface area contributed by atoms with Gasteiger partial charge in [0.25, 0.3) is 0 Å². The lowest BCUT2D eigenvalue weighted by molar-refractivity contribution is 0.0311. The molecular formula is C17H28N4. The molecule has 4 nitrogen and oxygen atoms in total. The standard InChI is InChI=1S/C17H28N4/c1-2-21-11-14(9-19-21)10-20-12-16(15-5-6-15)18-13-17(20)7-3-4-8-17/h9,11,15-16,18H,2-8,10,12-13H2,1H3. The Labute approximate surface area is 127 Å². The minimum absolute atomic E-state index is 0.430. The molecule has 2 heterocycles. The van der Waals surface area contributed by atoms with Crippen LogP contribution in [0.2, 0.25) is 0 Å². The number of hydrogen-bond acceptors (Lipinski definition) is 3. The zero-order valence-electron chi connectivity index (χ0n) is 13.2. The molecule has 4 heteroatoms. The van der Waals surface area contributed by atoms with Crippen LogP contribution in [-0.2, 0) is 13.1 Å². The maximum atomic E-state index is 4.46. The van der Waals surface area contributed by atoms with Crippen LogP contribution in [-0.4, -0.2) is 39.4 Å². The summed E-state index contributed by atoms with van der Waals surface area (Å²) < 4.78 is 2.05. The molecule has 0 aromatic carbocycles. The van der Waals surface area contributed by atoms with E-state index in [1.54, 1.807) is 0 Å². The molecule has 4 rings (SSSR count). The van der Waals surface area contributed by atoms with Crippen molar-refractivity contribution in [1.29, 1.82) is 0 Å². The second kappa shape index (κ2) is 5.40. The molecule has 1 aromatic heterocycles. The van der Waals surface area contributed by atoms with Crippen molar-refractivity contribution in [3.8, 4) is 0 Å². The van der Waals surface area contributed by atoms with Crippen LogP contribution in [0.5, 0.6) is 0 Å². The lowest BCUT2D eigenvalue weighted by atomic mass is 9.89. The number of aromatic nitrogens is 2. The van der Waals surface area contributed by atoms with Crippen molar-refractivity contribution in [3.05, 3.63) is 18.0 Å². The summed E-state index contributed by atoms with van der Waals surface area (Å²) >= 11 is 0. The van der Waals surface area contributed by atoms with Crippen molar-refractivity contribution in [2.45, 2.75) is 70.1 Å². The molecule has 1 atom stereocenters. The number of piperazine rings is 1. The molecule has 21 heavy (non-hydrogen) atoms. The highest BCUT2D eigenvalue weighted by atomic mass is 15.3. The predicted molar refractivity (Wildman–Crippen MR) is 84.0 cm³/mol. The first-order valence-electron chi connectivity index (χ1n) is 8.79. The largest absolute Gasteiger partial charge is 0.311 e. The van der Waals surface area contributed by atoms with Crippen LogP contribution in [0.25, 0.3) is 0 Å². The minimum atomic E-state index is 0.430. The number of nitrogens with zero attached hydrogens (tertiary/aromatic N) is 3. The SMILES string of the molecule is CCn1cc(CN2CC(C3CC3)NCC23CCCC3)cn1. The van der Waals surface area contributed by atoms with E-state index in [1.807, 2.05) is 0 Å². The fourth-order valence-corrected chi connectivity index (χ4v) is 4.38. The fourth-order valence-electron chi connectivity index (χ4n) is 4.38. The summed E-state index contributed by atoms with van der Waals surface area (Å²) in [5, 5.41) is 8.34. The monoisotopic (exact) mass is 288 g/mol. The Hall–Kier alpha value is -0.870. The highest BCUT2D eigenvalue weighted by Crippen LogP contribution is 2.41. The first-order chi connectivity index (χ1) is 10.3. The second-order valence-electron chi connectivity index (χ2n) is 7.34. The van der Waals surface area contributed by atoms with E-state index in [1.165, 1.54) is 57.2 Å². The Balaban J connectivity index is 1.51. The smallest absolute Gasteiger partial charge is 0.0534 e. The molecule has 2 aliphatic carbocycles. The van der Waals surface area contributed by atoms with Gasteiger partial charge in [-0.2, -0.15) is 5.10 Å². The van der Waals surface area contributed by atoms with E-state index >= 15 is 0 Å². The molecule has 3 fully saturated rings. The van der Waals surface area contributed by atoms with Gasteiger partial charge in [-0.25, -0.2) is 0 Å². The van der Waals surface area contributed by atoms with Gasteiger partial charge in [0.15, 0.2) is 0 Å². The van der Waals surface area contributed by atoms with E-state index in [4.69, 9.17) is 0 Å². The van der Waals surface area contributed by atoms with Gasteiger partial charge in [0.2, 0.25) is 0 Å². The average molecular weight is 288 g/mol. The summed E-state index contributed by atoms with van der Waals surface area (Å²) in [6.45, 7) is 6.66. The van der Waals surface area contributed by atoms with Gasteiger partial charge < -0.3 is 5.32 Å². The third-order valence-corrected chi connectivity index (χ3v) is 5.89. The molecule has 0 radical (unpaired) electrons. The van der Waals surface area contributed by atoms with Crippen LogP contribution in [0.1, 0.15) is 51.0 Å². The summed E-state index contributed by atoms with van der Waals surface area (Å²) in [6.07, 6.45) is 12.7. The zero-order valence-corrected chi connectivity index (χ0v) is 13.2. The molecule has 1 unspecified atom stereocenters. The molecule has 0 bridgehead atoms. The molecule has 1 aliphatic heterocycles. The van der Waals surface area contributed by atoms with Gasteiger partial charge in [-0.05, 0) is 38.5 Å². The van der Waals surface area contributed by atoms with E-state index in [0.29, 0.717) is 5.54 Å². The molecule has 116 valence electrons. The van der Waals surface area contributed by atoms with E-state index in [2.05, 4.69) is 39.3 Å². The molecule has 1 saturated heterocycles. The number of hydrogen-bond donors (Lipinski definition) is 1. The van der Waals surface area contributed by atoms with Gasteiger partial charge in [0, 0.05) is 49.5 Å². The molecule has 2 saturated carbocycles. The van der Waals surface area contributed by atoms with Crippen LogP contribution in [0.3, 0.4) is 0 Å². The van der Waals surface area contributed by atoms with Crippen LogP contribution in [0.15, 0.2) is 12.4 Å². The highest BCUT2D eigenvalue weighted by molar-refractivity contribution is 5.10. The third kappa shape index (κ3) is 2.64. The van der Waals surface area contributed by atoms with Gasteiger partial charge >= 0.3 is 0 Å². The highest BCUT2D eigenvalue weighted by Gasteiger charge is 2.46. The molecule has 3 aliphatic rings. The summed E-state index contributed by atoms with van der Waals surface area (Å²) in [6, 6.07) is 0.734. The molecule has 0 amide bonds. The van der Waals surface area contributed by atoms with Gasteiger partial charge in [-0.3, -0.25) is 9.58 Å². The van der Waals surface area contributed by atoms with Gasteiger partial charge in [0.1, 0.15) is 0 Å². The summed E-state index contributed by atoms with van der Waals surface area (Å²) in [5.41, 5.74) is 1.82. The zero-order chi connectivity index (χ0) is 14.3. The molecular weight excluding hydrogens is 260 g/mol. The van der Waals surface area contributed by atoms with E-state index in [-0.39, 0.29) is 0 Å². The Morgan fingerprint density at radius 3 is 2.81 bits per heavy atom. The number of aryl methyl sites for hydroxylation is 1. The second-order valence-corrected chi connectivity index (χ2v) is 7.34. The maximum absolute atomic E-state index is 4.46. The summed E-state index contributed by atoms with van der Waals surface area (Å²) in [5.74, 6) is 0.949. The van der Waals surface area contributed by atoms with Crippen LogP contribution in [0.4, 0.5) is 0 Å². The molecule has 1 spiro atoms. The summed E-state index contributed by atoms with van der Waals surface area (Å²) in [4.78, 5) is 2.80. The Morgan fingerprint density at radius 2 is 2.14 bits per heavy atom. The lowest BCUT2D eigenvalue weighted by Crippen LogP contribution is -2.63. The van der Waals surface area contributed by atoms with E-state index in [9.17, 15) is 0 Å². The van der Waals surface area contributed by atoms with E-state index in [0.717, 1.165) is 25.0 Å². The first kappa shape index (κ1) is 13.8. The Kier molecular flexibility index (Phi) is 3.54. The van der Waals surface area contributed by atoms with Gasteiger partial charge in [0.05, 0.1) is 6.20 Å². The van der Waals surface area contributed by atoms with Crippen LogP contribution >= 0.6 is 0 Å². The summed E-state index contributed by atoms with van der Waals surface area (Å²) in [7, 11) is 0. The van der Waals surface area contributed by atoms with Crippen molar-refractivity contribution >= 4 is 0 Å². The third-order valence-electron chi connectivity index (χ3n) is 5.89. The van der Waals surface area contributed by atoms with Crippen molar-refractivity contribution in [1.82, 2.24) is 20.0 Å². The average Bonchev–Trinajstić information content (AvgIpc) is 3.07. The maximum Gasteiger partial charge on any atom is 0.0534 e. The minimum Gasteiger partial charge on any atom is -0.311 e. The van der Waals surface area contributed by atoms with Crippen molar-refractivity contribution in [2.75, 3.05) is 13.1 Å². The van der Waals surface area contributed by atoms with Crippen molar-refractivity contribution < 1.29 is 0 Å². The van der Waals surface area contributed by atoms with Crippen LogP contribution in [0, 0.1) is 5.92 Å². The van der Waals surface area contributed by atoms with Gasteiger partial charge in [-0.15, -0.1) is 0 Å². The van der Waals surface area contributed by atoms with Crippen LogP contribution < -0.4 is 5.32 Å². The fraction of sp³-hybridized carbons (Fsp3) is 0.824. The molecule has 1 aromatic rings. The van der Waals surface area contributed by atoms with Crippen molar-refractivity contribution in [2.24, 2.45) is 5.92 Å². The molecule has 1 N–H and O–H groups in total. The number of nitrogens with one attached hydrogen (secondary N) is 1. The quantitative estimate of drug-likeness (QED) is 0.923. The van der Waals surface area contributed by atoms with E-state index < -0.39 is 0 Å². The predicted octanol–water partition coefficient (Wildman–Crippen LogP) is 2.40.